The van der Waals surface area contributed by atoms with Crippen molar-refractivity contribution in [1.82, 2.24) is 0 Å². The third-order valence-electron chi connectivity index (χ3n) is 1.63. The van der Waals surface area contributed by atoms with E-state index in [1.165, 1.54) is 0 Å². The molecule has 0 radical (unpaired) electrons. The van der Waals surface area contributed by atoms with Crippen molar-refractivity contribution in [3.8, 4) is 0 Å². The molecule has 0 aromatic rings. The third-order valence-corrected chi connectivity index (χ3v) is 1.63. The van der Waals surface area contributed by atoms with Crippen LogP contribution in [0.1, 0.15) is 13.8 Å². The van der Waals surface area contributed by atoms with E-state index in [1.54, 1.807) is 0 Å². The number of hydrogen-bond acceptors (Lipinski definition) is 1. The number of hydrogen-bond donors (Lipinski definition) is 0. The van der Waals surface area contributed by atoms with Gasteiger partial charge >= 0.3 is 0 Å². The molecule has 0 aromatic heterocycles. The molecule has 0 aromatic carbocycles. The fourth-order valence-corrected chi connectivity index (χ4v) is 0.707. The van der Waals surface area contributed by atoms with Gasteiger partial charge in [0, 0.05) is 12.8 Å². The first-order chi connectivity index (χ1) is 3.30. The summed E-state index contributed by atoms with van der Waals surface area (Å²) in [5.74, 6) is 1.51. The zero-order chi connectivity index (χ0) is 5.28. The van der Waals surface area contributed by atoms with E-state index in [-0.39, 0.29) is 0 Å². The van der Waals surface area contributed by atoms with Gasteiger partial charge in [0.2, 0.25) is 0 Å². The van der Waals surface area contributed by atoms with Gasteiger partial charge in [-0.05, 0) is 11.8 Å². The van der Waals surface area contributed by atoms with Crippen LogP contribution in [-0.4, -0.2) is 12.8 Å². The van der Waals surface area contributed by atoms with E-state index in [1.807, 2.05) is 6.21 Å². The van der Waals surface area contributed by atoms with Crippen molar-refractivity contribution in [1.29, 1.82) is 0 Å². The fourth-order valence-electron chi connectivity index (χ4n) is 0.707. The van der Waals surface area contributed by atoms with Crippen LogP contribution in [0, 0.1) is 11.8 Å². The van der Waals surface area contributed by atoms with Gasteiger partial charge < -0.3 is 0 Å². The molecule has 1 nitrogen and oxygen atoms in total. The van der Waals surface area contributed by atoms with Gasteiger partial charge in [0.05, 0.1) is 0 Å². The summed E-state index contributed by atoms with van der Waals surface area (Å²) in [4.78, 5) is 4.12. The predicted molar refractivity (Wildman–Crippen MR) is 31.7 cm³/mol. The maximum Gasteiger partial charge on any atom is 0.0417 e. The molecule has 1 aliphatic heterocycles. The maximum atomic E-state index is 4.12. The standard InChI is InChI=1S/C6H11N/c1-5-3-7-4-6(5)2/h3,5-6H,4H2,1-2H3/t5-,6+/m1/s1. The van der Waals surface area contributed by atoms with Crippen molar-refractivity contribution in [2.75, 3.05) is 6.54 Å². The summed E-state index contributed by atoms with van der Waals surface area (Å²) >= 11 is 0. The third kappa shape index (κ3) is 0.817. The first-order valence-corrected chi connectivity index (χ1v) is 2.80. The highest BCUT2D eigenvalue weighted by Crippen LogP contribution is 2.13. The molecule has 7 heavy (non-hydrogen) atoms. The number of rotatable bonds is 0. The molecule has 1 rings (SSSR count). The Bertz CT molecular complexity index is 86.2. The molecule has 0 aliphatic carbocycles. The van der Waals surface area contributed by atoms with Crippen molar-refractivity contribution < 1.29 is 0 Å². The first-order valence-electron chi connectivity index (χ1n) is 2.80. The summed E-state index contributed by atoms with van der Waals surface area (Å²) in [7, 11) is 0. The lowest BCUT2D eigenvalue weighted by Gasteiger charge is -2.02. The normalized spacial score (nSPS) is 39.7. The van der Waals surface area contributed by atoms with Crippen LogP contribution >= 0.6 is 0 Å². The average Bonchev–Trinajstić information content (AvgIpc) is 1.91. The zero-order valence-electron chi connectivity index (χ0n) is 4.89. The van der Waals surface area contributed by atoms with Gasteiger partial charge in [0.25, 0.3) is 0 Å². The maximum absolute atomic E-state index is 4.12. The average molecular weight is 97.2 g/mol. The van der Waals surface area contributed by atoms with Crippen LogP contribution in [0.2, 0.25) is 0 Å². The lowest BCUT2D eigenvalue weighted by Crippen LogP contribution is -2.03. The first kappa shape index (κ1) is 4.82. The van der Waals surface area contributed by atoms with Gasteiger partial charge in [-0.1, -0.05) is 13.8 Å². The topological polar surface area (TPSA) is 12.4 Å². The van der Waals surface area contributed by atoms with Crippen LogP contribution in [0.4, 0.5) is 0 Å². The molecule has 40 valence electrons. The summed E-state index contributed by atoms with van der Waals surface area (Å²) in [6, 6.07) is 0. The summed E-state index contributed by atoms with van der Waals surface area (Å²) in [6.45, 7) is 5.49. The minimum absolute atomic E-state index is 0.722. The number of nitrogens with zero attached hydrogens (tertiary/aromatic N) is 1. The lowest BCUT2D eigenvalue weighted by atomic mass is 10.0. The van der Waals surface area contributed by atoms with E-state index in [0.29, 0.717) is 0 Å². The molecule has 2 atom stereocenters. The molecule has 1 aliphatic rings. The summed E-state index contributed by atoms with van der Waals surface area (Å²) < 4.78 is 0. The monoisotopic (exact) mass is 97.1 g/mol. The van der Waals surface area contributed by atoms with Gasteiger partial charge in [-0.25, -0.2) is 0 Å². The van der Waals surface area contributed by atoms with E-state index < -0.39 is 0 Å². The van der Waals surface area contributed by atoms with Crippen molar-refractivity contribution in [3.63, 3.8) is 0 Å². The summed E-state index contributed by atoms with van der Waals surface area (Å²) in [6.07, 6.45) is 2.05. The minimum Gasteiger partial charge on any atom is -0.297 e. The Balaban J connectivity index is 2.45. The Morgan fingerprint density at radius 3 is 2.43 bits per heavy atom. The van der Waals surface area contributed by atoms with Crippen LogP contribution in [0.3, 0.4) is 0 Å². The Labute approximate surface area is 44.5 Å². The zero-order valence-corrected chi connectivity index (χ0v) is 4.89. The van der Waals surface area contributed by atoms with E-state index in [0.717, 1.165) is 18.4 Å². The second-order valence-electron chi connectivity index (χ2n) is 2.35. The van der Waals surface area contributed by atoms with Gasteiger partial charge in [0.15, 0.2) is 0 Å². The smallest absolute Gasteiger partial charge is 0.0417 e. The van der Waals surface area contributed by atoms with Gasteiger partial charge in [-0.15, -0.1) is 0 Å². The lowest BCUT2D eigenvalue weighted by molar-refractivity contribution is 0.538. The summed E-state index contributed by atoms with van der Waals surface area (Å²) in [5.41, 5.74) is 0. The highest BCUT2D eigenvalue weighted by atomic mass is 14.8. The molecular weight excluding hydrogens is 86.1 g/mol. The molecule has 0 fully saturated rings. The predicted octanol–water partition coefficient (Wildman–Crippen LogP) is 1.34. The molecule has 0 saturated carbocycles. The Morgan fingerprint density at radius 1 is 1.57 bits per heavy atom. The molecule has 0 saturated heterocycles. The fraction of sp³-hybridized carbons (Fsp3) is 0.833. The molecule has 0 spiro atoms. The van der Waals surface area contributed by atoms with Crippen LogP contribution in [0.5, 0.6) is 0 Å². The van der Waals surface area contributed by atoms with Crippen molar-refractivity contribution in [2.45, 2.75) is 13.8 Å². The van der Waals surface area contributed by atoms with Gasteiger partial charge in [0.1, 0.15) is 0 Å². The van der Waals surface area contributed by atoms with Crippen molar-refractivity contribution >= 4 is 6.21 Å². The van der Waals surface area contributed by atoms with Crippen LogP contribution in [0.15, 0.2) is 4.99 Å². The highest BCUT2D eigenvalue weighted by molar-refractivity contribution is 5.62. The molecule has 1 heteroatoms. The second kappa shape index (κ2) is 1.65. The molecule has 0 bridgehead atoms. The van der Waals surface area contributed by atoms with E-state index in [9.17, 15) is 0 Å². The molecule has 0 N–H and O–H groups in total. The Kier molecular flexibility index (Phi) is 1.13. The van der Waals surface area contributed by atoms with E-state index in [4.69, 9.17) is 0 Å². The highest BCUT2D eigenvalue weighted by Gasteiger charge is 2.12. The van der Waals surface area contributed by atoms with Crippen molar-refractivity contribution in [3.05, 3.63) is 0 Å². The van der Waals surface area contributed by atoms with Gasteiger partial charge in [-0.3, -0.25) is 4.99 Å². The van der Waals surface area contributed by atoms with E-state index in [2.05, 4.69) is 18.8 Å². The molecule has 0 amide bonds. The van der Waals surface area contributed by atoms with Crippen LogP contribution < -0.4 is 0 Å². The SMILES string of the molecule is C[C@@H]1C=NC[C@@H]1C. The largest absolute Gasteiger partial charge is 0.297 e. The van der Waals surface area contributed by atoms with E-state index >= 15 is 0 Å². The van der Waals surface area contributed by atoms with Gasteiger partial charge in [-0.2, -0.15) is 0 Å². The quantitative estimate of drug-likeness (QED) is 0.432. The number of aliphatic imine (C=N–C) groups is 1. The second-order valence-corrected chi connectivity index (χ2v) is 2.35. The molecule has 1 heterocycles. The van der Waals surface area contributed by atoms with Crippen molar-refractivity contribution in [2.24, 2.45) is 16.8 Å². The summed E-state index contributed by atoms with van der Waals surface area (Å²) in [5, 5.41) is 0. The Morgan fingerprint density at radius 2 is 2.29 bits per heavy atom. The van der Waals surface area contributed by atoms with Crippen LogP contribution in [-0.2, 0) is 0 Å². The molecule has 0 unspecified atom stereocenters. The van der Waals surface area contributed by atoms with Crippen LogP contribution in [0.25, 0.3) is 0 Å². The Hall–Kier alpha value is -0.330. The molecular formula is C6H11N. The minimum atomic E-state index is 0.722.